The number of aryl methyl sites for hydroxylation is 2. The van der Waals surface area contributed by atoms with Gasteiger partial charge in [-0.2, -0.15) is 0 Å². The van der Waals surface area contributed by atoms with Gasteiger partial charge >= 0.3 is 0 Å². The van der Waals surface area contributed by atoms with E-state index in [1.54, 1.807) is 0 Å². The van der Waals surface area contributed by atoms with Gasteiger partial charge in [0.1, 0.15) is 11.9 Å². The summed E-state index contributed by atoms with van der Waals surface area (Å²) in [6.45, 7) is 12.8. The van der Waals surface area contributed by atoms with E-state index in [1.165, 1.54) is 33.5 Å². The van der Waals surface area contributed by atoms with E-state index >= 15 is 0 Å². The SMILES string of the molecule is Cc1cc2c(cc1C)-c1ccc3c(c1C(C)O2)C(C)C(O)C(C)(C)N3C. The topological polar surface area (TPSA) is 32.7 Å². The van der Waals surface area contributed by atoms with Gasteiger partial charge in [0.15, 0.2) is 0 Å². The van der Waals surface area contributed by atoms with Crippen molar-refractivity contribution in [3.05, 3.63) is 46.5 Å². The van der Waals surface area contributed by atoms with Gasteiger partial charge in [0, 0.05) is 29.8 Å². The summed E-state index contributed by atoms with van der Waals surface area (Å²) in [4.78, 5) is 2.22. The smallest absolute Gasteiger partial charge is 0.128 e. The first kappa shape index (κ1) is 17.4. The van der Waals surface area contributed by atoms with Gasteiger partial charge in [-0.15, -0.1) is 0 Å². The summed E-state index contributed by atoms with van der Waals surface area (Å²) in [5.41, 5.74) is 8.30. The van der Waals surface area contributed by atoms with Crippen LogP contribution in [-0.4, -0.2) is 23.8 Å². The number of aliphatic hydroxyl groups excluding tert-OH is 1. The van der Waals surface area contributed by atoms with E-state index in [1.807, 2.05) is 0 Å². The molecule has 26 heavy (non-hydrogen) atoms. The van der Waals surface area contributed by atoms with Crippen molar-refractivity contribution < 1.29 is 9.84 Å². The van der Waals surface area contributed by atoms with E-state index < -0.39 is 6.10 Å². The molecule has 2 aromatic rings. The summed E-state index contributed by atoms with van der Waals surface area (Å²) in [7, 11) is 2.08. The number of fused-ring (bicyclic) bond motifs is 5. The van der Waals surface area contributed by atoms with Crippen molar-refractivity contribution in [1.29, 1.82) is 0 Å². The Morgan fingerprint density at radius 2 is 1.65 bits per heavy atom. The number of ether oxygens (including phenoxy) is 1. The number of rotatable bonds is 0. The normalized spacial score (nSPS) is 25.8. The Morgan fingerprint density at radius 1 is 1.00 bits per heavy atom. The summed E-state index contributed by atoms with van der Waals surface area (Å²) in [6.07, 6.45) is -0.460. The first-order chi connectivity index (χ1) is 12.1. The van der Waals surface area contributed by atoms with Gasteiger partial charge in [-0.05, 0) is 75.1 Å². The van der Waals surface area contributed by atoms with Crippen LogP contribution >= 0.6 is 0 Å². The third kappa shape index (κ3) is 2.16. The lowest BCUT2D eigenvalue weighted by Gasteiger charge is -2.50. The number of hydrogen-bond donors (Lipinski definition) is 1. The monoisotopic (exact) mass is 351 g/mol. The molecule has 3 heteroatoms. The Bertz CT molecular complexity index is 900. The Hall–Kier alpha value is -2.00. The second-order valence-corrected chi connectivity index (χ2v) is 8.60. The molecule has 3 unspecified atom stereocenters. The molecule has 4 rings (SSSR count). The van der Waals surface area contributed by atoms with E-state index in [0.717, 1.165) is 11.3 Å². The molecule has 2 aromatic carbocycles. The fourth-order valence-electron chi connectivity index (χ4n) is 4.69. The zero-order chi connectivity index (χ0) is 19.0. The lowest BCUT2D eigenvalue weighted by molar-refractivity contribution is 0.0711. The van der Waals surface area contributed by atoms with Crippen LogP contribution in [0.5, 0.6) is 5.75 Å². The van der Waals surface area contributed by atoms with Gasteiger partial charge in [0.05, 0.1) is 11.6 Å². The molecule has 0 aromatic heterocycles. The number of nitrogens with zero attached hydrogens (tertiary/aromatic N) is 1. The molecule has 2 aliphatic rings. The summed E-state index contributed by atoms with van der Waals surface area (Å²) in [5.74, 6) is 1.02. The molecule has 0 saturated heterocycles. The van der Waals surface area contributed by atoms with E-state index in [0.29, 0.717) is 0 Å². The maximum atomic E-state index is 11.0. The minimum Gasteiger partial charge on any atom is -0.485 e. The number of anilines is 1. The summed E-state index contributed by atoms with van der Waals surface area (Å²) < 4.78 is 6.33. The highest BCUT2D eigenvalue weighted by Crippen LogP contribution is 2.52. The van der Waals surface area contributed by atoms with Crippen molar-refractivity contribution in [2.45, 2.75) is 65.2 Å². The predicted octanol–water partition coefficient (Wildman–Crippen LogP) is 5.12. The molecule has 0 fully saturated rings. The van der Waals surface area contributed by atoms with Crippen LogP contribution in [0.4, 0.5) is 5.69 Å². The molecule has 0 radical (unpaired) electrons. The number of benzene rings is 2. The minimum atomic E-state index is -0.431. The first-order valence-electron chi connectivity index (χ1n) is 9.51. The first-order valence-corrected chi connectivity index (χ1v) is 9.51. The Kier molecular flexibility index (Phi) is 3.68. The highest BCUT2D eigenvalue weighted by molar-refractivity contribution is 5.82. The van der Waals surface area contributed by atoms with Gasteiger partial charge in [-0.1, -0.05) is 13.0 Å². The molecule has 0 amide bonds. The van der Waals surface area contributed by atoms with Gasteiger partial charge in [-0.3, -0.25) is 0 Å². The lowest BCUT2D eigenvalue weighted by Crippen LogP contribution is -2.56. The largest absolute Gasteiger partial charge is 0.485 e. The highest BCUT2D eigenvalue weighted by atomic mass is 16.5. The molecule has 0 spiro atoms. The minimum absolute atomic E-state index is 0.0289. The lowest BCUT2D eigenvalue weighted by atomic mass is 9.73. The van der Waals surface area contributed by atoms with Crippen molar-refractivity contribution >= 4 is 5.69 Å². The third-order valence-corrected chi connectivity index (χ3v) is 6.74. The Balaban J connectivity index is 2.01. The van der Waals surface area contributed by atoms with Crippen LogP contribution < -0.4 is 9.64 Å². The van der Waals surface area contributed by atoms with Crippen LogP contribution in [-0.2, 0) is 0 Å². The predicted molar refractivity (Wildman–Crippen MR) is 107 cm³/mol. The fourth-order valence-corrected chi connectivity index (χ4v) is 4.69. The van der Waals surface area contributed by atoms with Crippen molar-refractivity contribution in [3.8, 4) is 16.9 Å². The van der Waals surface area contributed by atoms with Gasteiger partial charge in [0.2, 0.25) is 0 Å². The maximum absolute atomic E-state index is 11.0. The van der Waals surface area contributed by atoms with Crippen LogP contribution in [0.25, 0.3) is 11.1 Å². The summed E-state index contributed by atoms with van der Waals surface area (Å²) in [5, 5.41) is 11.0. The second kappa shape index (κ2) is 5.50. The number of likely N-dealkylation sites (N-methyl/N-ethyl adjacent to an activating group) is 1. The quantitative estimate of drug-likeness (QED) is 0.715. The molecule has 0 aliphatic carbocycles. The molecule has 3 atom stereocenters. The van der Waals surface area contributed by atoms with Crippen molar-refractivity contribution in [3.63, 3.8) is 0 Å². The molecule has 138 valence electrons. The zero-order valence-electron chi connectivity index (χ0n) is 16.8. The number of aliphatic hydroxyl groups is 1. The van der Waals surface area contributed by atoms with E-state index in [9.17, 15) is 5.11 Å². The standard InChI is InChI=1S/C23H29NO2/c1-12-10-17-16-8-9-18-20(14(3)22(25)23(5,6)24(18)7)21(16)15(4)26-19(17)11-13(12)2/h8-11,14-15,22,25H,1-7H3. The van der Waals surface area contributed by atoms with E-state index in [-0.39, 0.29) is 17.6 Å². The molecule has 2 heterocycles. The number of hydrogen-bond acceptors (Lipinski definition) is 3. The van der Waals surface area contributed by atoms with Crippen LogP contribution in [0, 0.1) is 13.8 Å². The molecule has 2 aliphatic heterocycles. The van der Waals surface area contributed by atoms with Crippen molar-refractivity contribution in [2.75, 3.05) is 11.9 Å². The molecular formula is C23H29NO2. The van der Waals surface area contributed by atoms with Gasteiger partial charge in [0.25, 0.3) is 0 Å². The third-order valence-electron chi connectivity index (χ3n) is 6.74. The van der Waals surface area contributed by atoms with Crippen LogP contribution in [0.2, 0.25) is 0 Å². The van der Waals surface area contributed by atoms with Crippen molar-refractivity contribution in [2.24, 2.45) is 0 Å². The average molecular weight is 351 g/mol. The molecule has 0 saturated carbocycles. The van der Waals surface area contributed by atoms with Crippen LogP contribution in [0.3, 0.4) is 0 Å². The van der Waals surface area contributed by atoms with E-state index in [4.69, 9.17) is 4.74 Å². The molecule has 3 nitrogen and oxygen atoms in total. The van der Waals surface area contributed by atoms with Crippen LogP contribution in [0.15, 0.2) is 24.3 Å². The average Bonchev–Trinajstić information content (AvgIpc) is 2.59. The van der Waals surface area contributed by atoms with Gasteiger partial charge in [-0.25, -0.2) is 0 Å². The van der Waals surface area contributed by atoms with Crippen LogP contribution in [0.1, 0.15) is 62.0 Å². The molecular weight excluding hydrogens is 322 g/mol. The Morgan fingerprint density at radius 3 is 2.35 bits per heavy atom. The zero-order valence-corrected chi connectivity index (χ0v) is 16.8. The highest BCUT2D eigenvalue weighted by Gasteiger charge is 2.45. The van der Waals surface area contributed by atoms with Gasteiger partial charge < -0.3 is 14.7 Å². The second-order valence-electron chi connectivity index (χ2n) is 8.60. The molecule has 1 N–H and O–H groups in total. The maximum Gasteiger partial charge on any atom is 0.128 e. The molecule has 0 bridgehead atoms. The fraction of sp³-hybridized carbons (Fsp3) is 0.478. The Labute approximate surface area is 156 Å². The van der Waals surface area contributed by atoms with E-state index in [2.05, 4.69) is 77.8 Å². The summed E-state index contributed by atoms with van der Waals surface area (Å²) in [6, 6.07) is 8.84. The summed E-state index contributed by atoms with van der Waals surface area (Å²) >= 11 is 0. The van der Waals surface area contributed by atoms with Crippen molar-refractivity contribution in [1.82, 2.24) is 0 Å².